The summed E-state index contributed by atoms with van der Waals surface area (Å²) in [4.78, 5) is 4.25. The average molecular weight is 330 g/mol. The summed E-state index contributed by atoms with van der Waals surface area (Å²) in [5.74, 6) is 0. The minimum absolute atomic E-state index is 0.0499. The van der Waals surface area contributed by atoms with E-state index in [2.05, 4.69) is 4.98 Å². The molecule has 21 heavy (non-hydrogen) atoms. The third kappa shape index (κ3) is 2.03. The minimum Gasteiger partial charge on any atom is -0.256 e. The second kappa shape index (κ2) is 4.50. The monoisotopic (exact) mass is 330 g/mol. The van der Waals surface area contributed by atoms with Crippen molar-refractivity contribution in [3.05, 3.63) is 18.0 Å². The number of rotatable bonds is 1. The maximum Gasteiger partial charge on any atom is 0.245 e. The molecule has 0 atom stereocenters. The number of pyridine rings is 1. The molecule has 6 nitrogen and oxygen atoms in total. The summed E-state index contributed by atoms with van der Waals surface area (Å²) < 4.78 is 49.9. The topological polar surface area (TPSA) is 84.4 Å². The highest BCUT2D eigenvalue weighted by Gasteiger charge is 2.53. The molecule has 3 rings (SSSR count). The highest BCUT2D eigenvalue weighted by Crippen LogP contribution is 2.50. The number of aromatic nitrogens is 1. The molecule has 116 valence electrons. The molecule has 1 aromatic heterocycles. The van der Waals surface area contributed by atoms with Gasteiger partial charge in [0.25, 0.3) is 0 Å². The third-order valence-electron chi connectivity index (χ3n) is 4.62. The molecule has 0 amide bonds. The van der Waals surface area contributed by atoms with Crippen LogP contribution in [0.2, 0.25) is 0 Å². The average Bonchev–Trinajstić information content (AvgIpc) is 2.59. The number of fused-ring (bicyclic) bond motifs is 2. The molecule has 0 radical (unpaired) electrons. The third-order valence-corrected chi connectivity index (χ3v) is 7.64. The normalized spacial score (nSPS) is 24.1. The Morgan fingerprint density at radius 1 is 1.24 bits per heavy atom. The lowest BCUT2D eigenvalue weighted by molar-refractivity contribution is 0.155. The molecule has 2 heterocycles. The predicted molar refractivity (Wildman–Crippen MR) is 77.1 cm³/mol. The van der Waals surface area contributed by atoms with Gasteiger partial charge in [-0.05, 0) is 18.9 Å². The van der Waals surface area contributed by atoms with Crippen LogP contribution in [-0.2, 0) is 25.4 Å². The van der Waals surface area contributed by atoms with Crippen LogP contribution in [0.25, 0.3) is 0 Å². The highest BCUT2D eigenvalue weighted by molar-refractivity contribution is 7.91. The number of sulfonamides is 1. The lowest BCUT2D eigenvalue weighted by atomic mass is 9.79. The summed E-state index contributed by atoms with van der Waals surface area (Å²) in [5, 5.41) is 0. The van der Waals surface area contributed by atoms with E-state index < -0.39 is 25.4 Å². The first-order valence-corrected chi connectivity index (χ1v) is 10.2. The van der Waals surface area contributed by atoms with Crippen molar-refractivity contribution in [1.29, 1.82) is 0 Å². The number of hydrogen-bond acceptors (Lipinski definition) is 5. The van der Waals surface area contributed by atoms with Gasteiger partial charge >= 0.3 is 0 Å². The molecule has 8 heteroatoms. The maximum atomic E-state index is 12.6. The Hall–Kier alpha value is -0.990. The quantitative estimate of drug-likeness (QED) is 0.774. The van der Waals surface area contributed by atoms with Crippen molar-refractivity contribution in [3.63, 3.8) is 0 Å². The van der Waals surface area contributed by atoms with Crippen LogP contribution in [-0.4, -0.2) is 39.4 Å². The Labute approximate surface area is 125 Å². The van der Waals surface area contributed by atoms with Gasteiger partial charge < -0.3 is 0 Å². The lowest BCUT2D eigenvalue weighted by Crippen LogP contribution is -2.42. The van der Waals surface area contributed by atoms with E-state index in [1.807, 2.05) is 0 Å². The van der Waals surface area contributed by atoms with Crippen LogP contribution in [0.15, 0.2) is 22.1 Å². The fraction of sp³-hybridized carbons (Fsp3) is 0.615. The first-order chi connectivity index (χ1) is 9.69. The van der Waals surface area contributed by atoms with Crippen molar-refractivity contribution >= 4 is 19.9 Å². The van der Waals surface area contributed by atoms with Crippen molar-refractivity contribution in [1.82, 2.24) is 9.29 Å². The van der Waals surface area contributed by atoms with E-state index >= 15 is 0 Å². The van der Waals surface area contributed by atoms with Crippen LogP contribution in [0, 0.1) is 0 Å². The van der Waals surface area contributed by atoms with Crippen molar-refractivity contribution in [3.8, 4) is 0 Å². The second-order valence-corrected chi connectivity index (χ2v) is 9.81. The van der Waals surface area contributed by atoms with Gasteiger partial charge in [0, 0.05) is 19.5 Å². The van der Waals surface area contributed by atoms with Gasteiger partial charge in [-0.15, -0.1) is 0 Å². The van der Waals surface area contributed by atoms with Gasteiger partial charge in [0.2, 0.25) is 10.0 Å². The molecule has 1 aromatic rings. The zero-order valence-corrected chi connectivity index (χ0v) is 13.7. The van der Waals surface area contributed by atoms with Crippen LogP contribution in [0.4, 0.5) is 0 Å². The molecule has 2 aliphatic rings. The standard InChI is InChI=1S/C13H18N2O4S2/c1-15-13(6-4-3-5-7-13)12-11(21(15,18)19)8-10(9-14-12)20(2,16)17/h8-9H,3-7H2,1-2H3. The molecule has 1 aliphatic carbocycles. The summed E-state index contributed by atoms with van der Waals surface area (Å²) >= 11 is 0. The Kier molecular flexibility index (Phi) is 3.20. The Bertz CT molecular complexity index is 793. The zero-order valence-electron chi connectivity index (χ0n) is 12.0. The fourth-order valence-electron chi connectivity index (χ4n) is 3.39. The zero-order chi connectivity index (χ0) is 15.5. The molecule has 1 fully saturated rings. The summed E-state index contributed by atoms with van der Waals surface area (Å²) in [6, 6.07) is 1.26. The van der Waals surface area contributed by atoms with E-state index in [9.17, 15) is 16.8 Å². The number of nitrogens with zero attached hydrogens (tertiary/aromatic N) is 2. The van der Waals surface area contributed by atoms with E-state index in [0.717, 1.165) is 38.4 Å². The van der Waals surface area contributed by atoms with Crippen molar-refractivity contribution in [2.45, 2.75) is 47.4 Å². The van der Waals surface area contributed by atoms with Crippen molar-refractivity contribution in [2.75, 3.05) is 13.3 Å². The largest absolute Gasteiger partial charge is 0.256 e. The Morgan fingerprint density at radius 2 is 1.86 bits per heavy atom. The van der Waals surface area contributed by atoms with E-state index in [-0.39, 0.29) is 9.79 Å². The van der Waals surface area contributed by atoms with E-state index in [4.69, 9.17) is 0 Å². The highest BCUT2D eigenvalue weighted by atomic mass is 32.2. The maximum absolute atomic E-state index is 12.6. The Morgan fingerprint density at radius 3 is 2.43 bits per heavy atom. The van der Waals surface area contributed by atoms with Gasteiger partial charge in [-0.2, -0.15) is 4.31 Å². The van der Waals surface area contributed by atoms with E-state index in [0.29, 0.717) is 5.69 Å². The van der Waals surface area contributed by atoms with Crippen LogP contribution in [0.1, 0.15) is 37.8 Å². The predicted octanol–water partition coefficient (Wildman–Crippen LogP) is 1.28. The van der Waals surface area contributed by atoms with Gasteiger partial charge in [-0.3, -0.25) is 4.98 Å². The fourth-order valence-corrected chi connectivity index (χ4v) is 5.83. The van der Waals surface area contributed by atoms with Crippen LogP contribution in [0.5, 0.6) is 0 Å². The molecule has 1 aliphatic heterocycles. The molecular formula is C13H18N2O4S2. The van der Waals surface area contributed by atoms with Gasteiger partial charge in [0.05, 0.1) is 16.1 Å². The lowest BCUT2D eigenvalue weighted by Gasteiger charge is -2.37. The SMILES string of the molecule is CN1C2(CCCCC2)c2ncc(S(C)(=O)=O)cc2S1(=O)=O. The molecule has 0 aromatic carbocycles. The summed E-state index contributed by atoms with van der Waals surface area (Å²) in [6.45, 7) is 0. The summed E-state index contributed by atoms with van der Waals surface area (Å²) in [7, 11) is -5.58. The molecule has 1 spiro atoms. The summed E-state index contributed by atoms with van der Waals surface area (Å²) in [5.41, 5.74) is -0.0836. The molecule has 0 unspecified atom stereocenters. The van der Waals surface area contributed by atoms with Crippen molar-refractivity contribution in [2.24, 2.45) is 0 Å². The van der Waals surface area contributed by atoms with Gasteiger partial charge in [0.1, 0.15) is 4.90 Å². The van der Waals surface area contributed by atoms with Gasteiger partial charge in [-0.1, -0.05) is 19.3 Å². The number of sulfone groups is 1. The first kappa shape index (κ1) is 14.9. The van der Waals surface area contributed by atoms with Gasteiger partial charge in [-0.25, -0.2) is 16.8 Å². The van der Waals surface area contributed by atoms with Gasteiger partial charge in [0.15, 0.2) is 9.84 Å². The second-order valence-electron chi connectivity index (χ2n) is 5.85. The minimum atomic E-state index is -3.67. The molecule has 0 bridgehead atoms. The first-order valence-electron chi connectivity index (χ1n) is 6.89. The van der Waals surface area contributed by atoms with Crippen LogP contribution < -0.4 is 0 Å². The van der Waals surface area contributed by atoms with E-state index in [1.165, 1.54) is 16.6 Å². The molecule has 0 saturated heterocycles. The van der Waals surface area contributed by atoms with E-state index in [1.54, 1.807) is 7.05 Å². The molecule has 0 N–H and O–H groups in total. The summed E-state index contributed by atoms with van der Waals surface area (Å²) in [6.07, 6.45) is 6.80. The Balaban J connectivity index is 2.27. The van der Waals surface area contributed by atoms with Crippen LogP contribution >= 0.6 is 0 Å². The molecular weight excluding hydrogens is 312 g/mol. The smallest absolute Gasteiger partial charge is 0.245 e. The number of hydrogen-bond donors (Lipinski definition) is 0. The van der Waals surface area contributed by atoms with Crippen LogP contribution in [0.3, 0.4) is 0 Å². The van der Waals surface area contributed by atoms with Crippen molar-refractivity contribution < 1.29 is 16.8 Å². The molecule has 1 saturated carbocycles.